The highest BCUT2D eigenvalue weighted by molar-refractivity contribution is 5.94. The minimum absolute atomic E-state index is 0.0262. The zero-order chi connectivity index (χ0) is 15.3. The summed E-state index contributed by atoms with van der Waals surface area (Å²) in [6, 6.07) is 7.22. The summed E-state index contributed by atoms with van der Waals surface area (Å²) in [6.45, 7) is 3.92. The summed E-state index contributed by atoms with van der Waals surface area (Å²) in [6.07, 6.45) is 2.58. The van der Waals surface area contributed by atoms with Gasteiger partial charge in [0.05, 0.1) is 5.56 Å². The molecule has 2 aromatic rings. The van der Waals surface area contributed by atoms with Gasteiger partial charge in [0.2, 0.25) is 0 Å². The molecule has 4 rings (SSSR count). The average molecular weight is 298 g/mol. The normalized spacial score (nSPS) is 23.2. The Hall–Kier alpha value is -2.30. The van der Waals surface area contributed by atoms with E-state index in [1.54, 1.807) is 12.1 Å². The maximum Gasteiger partial charge on any atom is 0.257 e. The van der Waals surface area contributed by atoms with Crippen LogP contribution in [-0.4, -0.2) is 28.5 Å². The van der Waals surface area contributed by atoms with Gasteiger partial charge in [-0.2, -0.15) is 0 Å². The van der Waals surface area contributed by atoms with E-state index in [0.29, 0.717) is 31.1 Å². The van der Waals surface area contributed by atoms with E-state index in [9.17, 15) is 9.59 Å². The van der Waals surface area contributed by atoms with Crippen LogP contribution >= 0.6 is 0 Å². The van der Waals surface area contributed by atoms with E-state index < -0.39 is 0 Å². The zero-order valence-electron chi connectivity index (χ0n) is 12.5. The van der Waals surface area contributed by atoms with Crippen LogP contribution in [0.15, 0.2) is 39.7 Å². The first-order valence-electron chi connectivity index (χ1n) is 7.66. The molecule has 2 bridgehead atoms. The summed E-state index contributed by atoms with van der Waals surface area (Å²) in [5.41, 5.74) is 1.74. The number of hydrogen-bond acceptors (Lipinski definition) is 3. The van der Waals surface area contributed by atoms with E-state index in [2.05, 4.69) is 0 Å². The Morgan fingerprint density at radius 2 is 2.14 bits per heavy atom. The quantitative estimate of drug-likeness (QED) is 0.809. The summed E-state index contributed by atoms with van der Waals surface area (Å²) >= 11 is 0. The Morgan fingerprint density at radius 3 is 2.91 bits per heavy atom. The smallest absolute Gasteiger partial charge is 0.257 e. The second kappa shape index (κ2) is 4.87. The van der Waals surface area contributed by atoms with Crippen molar-refractivity contribution in [1.29, 1.82) is 0 Å². The van der Waals surface area contributed by atoms with E-state index in [1.165, 1.54) is 6.26 Å². The highest BCUT2D eigenvalue weighted by Gasteiger charge is 2.36. The summed E-state index contributed by atoms with van der Waals surface area (Å²) < 4.78 is 7.13. The Balaban J connectivity index is 1.64. The molecule has 1 amide bonds. The molecule has 2 atom stereocenters. The van der Waals surface area contributed by atoms with Crippen LogP contribution < -0.4 is 5.56 Å². The fraction of sp³-hybridized carbons (Fsp3) is 0.412. The first kappa shape index (κ1) is 13.4. The van der Waals surface area contributed by atoms with Crippen LogP contribution in [-0.2, 0) is 6.54 Å². The number of hydrogen-bond donors (Lipinski definition) is 0. The number of aromatic nitrogens is 1. The number of nitrogens with zero attached hydrogens (tertiary/aromatic N) is 2. The lowest BCUT2D eigenvalue weighted by Gasteiger charge is -2.42. The van der Waals surface area contributed by atoms with Gasteiger partial charge in [0.15, 0.2) is 0 Å². The van der Waals surface area contributed by atoms with Gasteiger partial charge < -0.3 is 13.9 Å². The van der Waals surface area contributed by atoms with Gasteiger partial charge >= 0.3 is 0 Å². The Labute approximate surface area is 128 Å². The molecule has 5 nitrogen and oxygen atoms in total. The molecule has 0 N–H and O–H groups in total. The minimum atomic E-state index is 0.0262. The second-order valence-corrected chi connectivity index (χ2v) is 6.35. The first-order chi connectivity index (χ1) is 10.6. The lowest BCUT2D eigenvalue weighted by atomic mass is 9.83. The molecule has 22 heavy (non-hydrogen) atoms. The van der Waals surface area contributed by atoms with Crippen molar-refractivity contribution in [3.8, 4) is 0 Å². The monoisotopic (exact) mass is 298 g/mol. The van der Waals surface area contributed by atoms with E-state index in [4.69, 9.17) is 4.42 Å². The number of likely N-dealkylation sites (tertiary alicyclic amines) is 1. The van der Waals surface area contributed by atoms with Crippen molar-refractivity contribution in [3.63, 3.8) is 0 Å². The van der Waals surface area contributed by atoms with Gasteiger partial charge in [0.1, 0.15) is 12.0 Å². The molecule has 1 fully saturated rings. The lowest BCUT2D eigenvalue weighted by molar-refractivity contribution is 0.0594. The largest absolute Gasteiger partial charge is 0.469 e. The first-order valence-corrected chi connectivity index (χ1v) is 7.66. The van der Waals surface area contributed by atoms with Crippen LogP contribution in [0.5, 0.6) is 0 Å². The van der Waals surface area contributed by atoms with Gasteiger partial charge in [0.25, 0.3) is 11.5 Å². The fourth-order valence-corrected chi connectivity index (χ4v) is 3.80. The molecule has 0 unspecified atom stereocenters. The van der Waals surface area contributed by atoms with E-state index in [0.717, 1.165) is 17.9 Å². The van der Waals surface area contributed by atoms with Crippen LogP contribution in [0.2, 0.25) is 0 Å². The lowest BCUT2D eigenvalue weighted by Crippen LogP contribution is -2.49. The Kier molecular flexibility index (Phi) is 2.96. The van der Waals surface area contributed by atoms with Crippen LogP contribution in [0.25, 0.3) is 0 Å². The number of carbonyl (C=O) groups excluding carboxylic acids is 1. The van der Waals surface area contributed by atoms with Gasteiger partial charge in [-0.05, 0) is 31.4 Å². The molecule has 0 aliphatic carbocycles. The standard InChI is InChI=1S/C17H18N2O3/c1-11-5-14(10-22-11)17(21)18-7-12-6-13(9-18)15-3-2-4-16(20)19(15)8-12/h2-5,10,12-13H,6-9H2,1H3/t12-,13-/m0/s1. The number of aryl methyl sites for hydroxylation is 1. The zero-order valence-corrected chi connectivity index (χ0v) is 12.5. The van der Waals surface area contributed by atoms with Crippen LogP contribution in [0, 0.1) is 12.8 Å². The van der Waals surface area contributed by atoms with Gasteiger partial charge in [0, 0.05) is 37.3 Å². The van der Waals surface area contributed by atoms with Crippen LogP contribution in [0.1, 0.15) is 34.2 Å². The average Bonchev–Trinajstić information content (AvgIpc) is 2.94. The number of piperidine rings is 1. The molecule has 5 heteroatoms. The highest BCUT2D eigenvalue weighted by Crippen LogP contribution is 2.35. The molecule has 0 spiro atoms. The number of fused-ring (bicyclic) bond motifs is 4. The van der Waals surface area contributed by atoms with Crippen molar-refractivity contribution < 1.29 is 9.21 Å². The number of furan rings is 1. The molecule has 114 valence electrons. The van der Waals surface area contributed by atoms with Gasteiger partial charge in [-0.15, -0.1) is 0 Å². The fourth-order valence-electron chi connectivity index (χ4n) is 3.80. The number of amides is 1. The Morgan fingerprint density at radius 1 is 1.27 bits per heavy atom. The maximum absolute atomic E-state index is 12.6. The van der Waals surface area contributed by atoms with Crippen molar-refractivity contribution >= 4 is 5.91 Å². The van der Waals surface area contributed by atoms with Gasteiger partial charge in [-0.25, -0.2) is 0 Å². The van der Waals surface area contributed by atoms with Crippen LogP contribution in [0.4, 0.5) is 0 Å². The van der Waals surface area contributed by atoms with E-state index in [1.807, 2.05) is 28.5 Å². The minimum Gasteiger partial charge on any atom is -0.469 e. The van der Waals surface area contributed by atoms with Gasteiger partial charge in [-0.1, -0.05) is 6.07 Å². The van der Waals surface area contributed by atoms with Gasteiger partial charge in [-0.3, -0.25) is 9.59 Å². The van der Waals surface area contributed by atoms with E-state index >= 15 is 0 Å². The second-order valence-electron chi connectivity index (χ2n) is 6.35. The molecule has 0 radical (unpaired) electrons. The third kappa shape index (κ3) is 2.08. The summed E-state index contributed by atoms with van der Waals surface area (Å²) in [5.74, 6) is 1.37. The molecule has 2 aliphatic rings. The third-order valence-corrected chi connectivity index (χ3v) is 4.74. The number of carbonyl (C=O) groups is 1. The predicted molar refractivity (Wildman–Crippen MR) is 80.9 cm³/mol. The maximum atomic E-state index is 12.6. The molecule has 2 aromatic heterocycles. The summed E-state index contributed by atoms with van der Waals surface area (Å²) in [5, 5.41) is 0. The van der Waals surface area contributed by atoms with Crippen molar-refractivity contribution in [3.05, 3.63) is 57.9 Å². The predicted octanol–water partition coefficient (Wildman–Crippen LogP) is 2.01. The Bertz CT molecular complexity index is 789. The molecular weight excluding hydrogens is 280 g/mol. The summed E-state index contributed by atoms with van der Waals surface area (Å²) in [7, 11) is 0. The number of pyridine rings is 1. The molecule has 0 aromatic carbocycles. The molecule has 2 aliphatic heterocycles. The molecule has 1 saturated heterocycles. The topological polar surface area (TPSA) is 55.5 Å². The van der Waals surface area contributed by atoms with Crippen molar-refractivity contribution in [2.24, 2.45) is 5.92 Å². The van der Waals surface area contributed by atoms with Crippen molar-refractivity contribution in [2.75, 3.05) is 13.1 Å². The SMILES string of the molecule is Cc1cc(C(=O)N2C[C@@H]3C[C@@H](C2)c2cccc(=O)n2C3)co1. The van der Waals surface area contributed by atoms with E-state index in [-0.39, 0.29) is 17.4 Å². The van der Waals surface area contributed by atoms with Crippen molar-refractivity contribution in [1.82, 2.24) is 9.47 Å². The molecule has 0 saturated carbocycles. The third-order valence-electron chi connectivity index (χ3n) is 4.74. The summed E-state index contributed by atoms with van der Waals surface area (Å²) in [4.78, 5) is 26.5. The highest BCUT2D eigenvalue weighted by atomic mass is 16.3. The van der Waals surface area contributed by atoms with Crippen LogP contribution in [0.3, 0.4) is 0 Å². The molecular formula is C17H18N2O3. The number of rotatable bonds is 1. The molecule has 4 heterocycles. The van der Waals surface area contributed by atoms with Crippen molar-refractivity contribution in [2.45, 2.75) is 25.8 Å².